The first-order valence-corrected chi connectivity index (χ1v) is 9.11. The van der Waals surface area contributed by atoms with Crippen LogP contribution in [0.4, 0.5) is 5.82 Å². The van der Waals surface area contributed by atoms with Gasteiger partial charge in [-0.2, -0.15) is 4.98 Å². The SMILES string of the molecule is CNCC(=O)N[C@@H](CO)C(=O)N[C@H]1[C@H](O)[C@@H](O)[C@@H](c2c[nH]c(=O)nc2N)O[C@@H]1C(N)=O. The summed E-state index contributed by atoms with van der Waals surface area (Å²) in [5, 5.41) is 37.5. The average Bonchev–Trinajstić information content (AvgIpc) is 2.70. The van der Waals surface area contributed by atoms with Crippen LogP contribution in [0.25, 0.3) is 0 Å². The van der Waals surface area contributed by atoms with Crippen LogP contribution < -0.4 is 33.1 Å². The Kier molecular flexibility index (Phi) is 8.01. The monoisotopic (exact) mass is 443 g/mol. The van der Waals surface area contributed by atoms with Gasteiger partial charge in [0.15, 0.2) is 6.10 Å². The van der Waals surface area contributed by atoms with Crippen LogP contribution in [-0.2, 0) is 19.1 Å². The van der Waals surface area contributed by atoms with E-state index in [4.69, 9.17) is 16.2 Å². The summed E-state index contributed by atoms with van der Waals surface area (Å²) < 4.78 is 5.48. The third-order valence-corrected chi connectivity index (χ3v) is 4.58. The van der Waals surface area contributed by atoms with Gasteiger partial charge in [0, 0.05) is 11.8 Å². The molecule has 0 aromatic carbocycles. The maximum absolute atomic E-state index is 12.5. The first kappa shape index (κ1) is 24.2. The zero-order valence-corrected chi connectivity index (χ0v) is 16.4. The van der Waals surface area contributed by atoms with Gasteiger partial charge < -0.3 is 52.5 Å². The lowest BCUT2D eigenvalue weighted by molar-refractivity contribution is -0.192. The van der Waals surface area contributed by atoms with Crippen LogP contribution in [0.2, 0.25) is 0 Å². The number of ether oxygens (including phenoxy) is 1. The van der Waals surface area contributed by atoms with E-state index >= 15 is 0 Å². The van der Waals surface area contributed by atoms with Crippen LogP contribution in [0.15, 0.2) is 11.0 Å². The molecule has 2 heterocycles. The number of nitrogens with zero attached hydrogens (tertiary/aromatic N) is 1. The molecule has 1 aromatic rings. The highest BCUT2D eigenvalue weighted by atomic mass is 16.5. The number of aromatic amines is 1. The number of primary amides is 1. The van der Waals surface area contributed by atoms with Crippen molar-refractivity contribution < 1.29 is 34.4 Å². The number of aromatic nitrogens is 2. The Morgan fingerprint density at radius 2 is 2.00 bits per heavy atom. The number of anilines is 1. The molecular weight excluding hydrogens is 418 g/mol. The summed E-state index contributed by atoms with van der Waals surface area (Å²) in [5.74, 6) is -2.94. The predicted molar refractivity (Wildman–Crippen MR) is 103 cm³/mol. The van der Waals surface area contributed by atoms with Crippen molar-refractivity contribution in [1.82, 2.24) is 25.9 Å². The van der Waals surface area contributed by atoms with E-state index in [1.54, 1.807) is 0 Å². The Bertz CT molecular complexity index is 878. The summed E-state index contributed by atoms with van der Waals surface area (Å²) in [7, 11) is 1.50. The Labute approximate surface area is 175 Å². The minimum absolute atomic E-state index is 0.0188. The van der Waals surface area contributed by atoms with E-state index in [1.165, 1.54) is 7.05 Å². The van der Waals surface area contributed by atoms with Gasteiger partial charge in [-0.3, -0.25) is 14.4 Å². The highest BCUT2D eigenvalue weighted by Crippen LogP contribution is 2.33. The van der Waals surface area contributed by atoms with E-state index in [2.05, 4.69) is 25.9 Å². The molecule has 1 aliphatic heterocycles. The van der Waals surface area contributed by atoms with E-state index in [0.717, 1.165) is 6.20 Å². The van der Waals surface area contributed by atoms with Gasteiger partial charge in [-0.15, -0.1) is 0 Å². The Morgan fingerprint density at radius 3 is 2.55 bits per heavy atom. The van der Waals surface area contributed by atoms with Gasteiger partial charge in [-0.1, -0.05) is 0 Å². The Morgan fingerprint density at radius 1 is 1.32 bits per heavy atom. The van der Waals surface area contributed by atoms with E-state index in [1.807, 2.05) is 0 Å². The number of aliphatic hydroxyl groups excluding tert-OH is 3. The number of hydrogen-bond donors (Lipinski definition) is 9. The van der Waals surface area contributed by atoms with Crippen LogP contribution >= 0.6 is 0 Å². The van der Waals surface area contributed by atoms with Crippen LogP contribution in [0.3, 0.4) is 0 Å². The summed E-state index contributed by atoms with van der Waals surface area (Å²) in [6.45, 7) is -0.908. The highest BCUT2D eigenvalue weighted by molar-refractivity contribution is 5.89. The average molecular weight is 443 g/mol. The first-order valence-electron chi connectivity index (χ1n) is 9.11. The van der Waals surface area contributed by atoms with Gasteiger partial charge in [0.05, 0.1) is 19.2 Å². The minimum atomic E-state index is -1.78. The molecule has 1 fully saturated rings. The molecule has 1 aromatic heterocycles. The van der Waals surface area contributed by atoms with Crippen molar-refractivity contribution in [2.75, 3.05) is 25.9 Å². The van der Waals surface area contributed by atoms with Crippen molar-refractivity contribution in [2.24, 2.45) is 5.73 Å². The third kappa shape index (κ3) is 5.53. The first-order chi connectivity index (χ1) is 14.6. The highest BCUT2D eigenvalue weighted by Gasteiger charge is 2.49. The molecule has 3 amide bonds. The van der Waals surface area contributed by atoms with E-state index in [0.29, 0.717) is 0 Å². The Balaban J connectivity index is 2.24. The van der Waals surface area contributed by atoms with E-state index in [9.17, 15) is 34.5 Å². The van der Waals surface area contributed by atoms with Crippen molar-refractivity contribution in [1.29, 1.82) is 0 Å². The van der Waals surface area contributed by atoms with E-state index in [-0.39, 0.29) is 17.9 Å². The maximum Gasteiger partial charge on any atom is 0.346 e. The summed E-state index contributed by atoms with van der Waals surface area (Å²) in [4.78, 5) is 53.0. The molecular formula is C16H25N7O8. The summed E-state index contributed by atoms with van der Waals surface area (Å²) in [6, 6.07) is -2.93. The molecule has 6 atom stereocenters. The molecule has 2 rings (SSSR count). The second-order valence-corrected chi connectivity index (χ2v) is 6.77. The molecule has 1 aliphatic rings. The summed E-state index contributed by atoms with van der Waals surface area (Å²) in [6.07, 6.45) is -5.44. The second-order valence-electron chi connectivity index (χ2n) is 6.77. The number of amides is 3. The molecule has 0 radical (unpaired) electrons. The van der Waals surface area contributed by atoms with Gasteiger partial charge in [0.25, 0.3) is 0 Å². The molecule has 15 heteroatoms. The van der Waals surface area contributed by atoms with E-state index < -0.39 is 66.5 Å². The number of rotatable bonds is 8. The van der Waals surface area contributed by atoms with Gasteiger partial charge >= 0.3 is 5.69 Å². The third-order valence-electron chi connectivity index (χ3n) is 4.58. The van der Waals surface area contributed by atoms with Crippen LogP contribution in [-0.4, -0.2) is 93.6 Å². The van der Waals surface area contributed by atoms with Gasteiger partial charge in [0.1, 0.15) is 30.2 Å². The minimum Gasteiger partial charge on any atom is -0.394 e. The number of carbonyl (C=O) groups excluding carboxylic acids is 3. The van der Waals surface area contributed by atoms with Gasteiger partial charge in [0.2, 0.25) is 17.7 Å². The normalized spacial score (nSPS) is 26.6. The number of likely N-dealkylation sites (N-methyl/N-ethyl adjacent to an activating group) is 1. The molecule has 172 valence electrons. The standard InChI is InChI=1S/C16H25N7O8/c1-19-3-7(25)21-6(4-24)15(29)22-8-9(26)10(27)11(31-12(8)14(18)28)5-2-20-16(30)23-13(5)17/h2,6,8-12,19,24,26-27H,3-4H2,1H3,(H2,18,28)(H,21,25)(H,22,29)(H3,17,20,23,30)/t6-,8-,9-,10+,11+,12-/m0/s1. The molecule has 0 aliphatic carbocycles. The van der Waals surface area contributed by atoms with Crippen molar-refractivity contribution in [3.05, 3.63) is 22.2 Å². The zero-order chi connectivity index (χ0) is 23.3. The molecule has 15 nitrogen and oxygen atoms in total. The van der Waals surface area contributed by atoms with Crippen LogP contribution in [0.5, 0.6) is 0 Å². The number of aliphatic hydroxyl groups is 3. The lowest BCUT2D eigenvalue weighted by Crippen LogP contribution is -2.66. The number of nitrogens with two attached hydrogens (primary N) is 2. The fourth-order valence-electron chi connectivity index (χ4n) is 3.07. The molecule has 0 bridgehead atoms. The van der Waals surface area contributed by atoms with Crippen molar-refractivity contribution >= 4 is 23.5 Å². The molecule has 0 unspecified atom stereocenters. The number of carbonyl (C=O) groups is 3. The van der Waals surface area contributed by atoms with Crippen LogP contribution in [0, 0.1) is 0 Å². The number of H-pyrrole nitrogens is 1. The number of nitrogens with one attached hydrogen (secondary N) is 4. The fourth-order valence-corrected chi connectivity index (χ4v) is 3.07. The molecule has 11 N–H and O–H groups in total. The summed E-state index contributed by atoms with van der Waals surface area (Å²) >= 11 is 0. The molecule has 1 saturated heterocycles. The lowest BCUT2D eigenvalue weighted by atomic mass is 9.89. The second kappa shape index (κ2) is 10.3. The zero-order valence-electron chi connectivity index (χ0n) is 16.4. The fraction of sp³-hybridized carbons (Fsp3) is 0.562. The quantitative estimate of drug-likeness (QED) is 0.183. The smallest absolute Gasteiger partial charge is 0.346 e. The molecule has 0 saturated carbocycles. The predicted octanol–water partition coefficient (Wildman–Crippen LogP) is -5.82. The topological polar surface area (TPSA) is 255 Å². The lowest BCUT2D eigenvalue weighted by Gasteiger charge is -2.42. The largest absolute Gasteiger partial charge is 0.394 e. The summed E-state index contributed by atoms with van der Waals surface area (Å²) in [5.41, 5.74) is 10.2. The van der Waals surface area contributed by atoms with Gasteiger partial charge in [-0.25, -0.2) is 4.79 Å². The molecule has 31 heavy (non-hydrogen) atoms. The van der Waals surface area contributed by atoms with Crippen molar-refractivity contribution in [2.45, 2.75) is 36.5 Å². The van der Waals surface area contributed by atoms with Crippen LogP contribution in [0.1, 0.15) is 11.7 Å². The maximum atomic E-state index is 12.5. The van der Waals surface area contributed by atoms with Crippen molar-refractivity contribution in [3.8, 4) is 0 Å². The van der Waals surface area contributed by atoms with Gasteiger partial charge in [-0.05, 0) is 7.05 Å². The molecule has 0 spiro atoms. The van der Waals surface area contributed by atoms with Crippen molar-refractivity contribution in [3.63, 3.8) is 0 Å². The number of hydrogen-bond acceptors (Lipinski definition) is 11. The Hall–Kier alpha value is -3.11. The number of nitrogen functional groups attached to an aromatic ring is 1.